The number of Topliss-reactive ketones (excluding diaryl/α,β-unsaturated/α-hetero) is 1. The van der Waals surface area contributed by atoms with Crippen LogP contribution in [-0.4, -0.2) is 33.1 Å². The molecule has 5 nitrogen and oxygen atoms in total. The maximum absolute atomic E-state index is 13.4. The van der Waals surface area contributed by atoms with Gasteiger partial charge in [0.05, 0.1) is 10.9 Å². The molecule has 1 atom stereocenters. The Hall–Kier alpha value is -2.71. The number of hydrogen-bond acceptors (Lipinski definition) is 5. The maximum Gasteiger partial charge on any atom is 0.387 e. The van der Waals surface area contributed by atoms with Gasteiger partial charge in [-0.05, 0) is 81.1 Å². The molecule has 1 aliphatic carbocycles. The standard InChI is InChI=1S/C24H21ClF2N2O3S/c1-14(21(30)15-6-10-17(25)11-7-15)33-24-28-19-4-2-3-5-20(19)29(24)22(31)16-8-12-18(13-9-16)32-23(26)27/h6-14,23H,2-5H2,1H3. The number of fused-ring (bicyclic) bond motifs is 1. The number of aromatic nitrogens is 2. The number of thioether (sulfide) groups is 1. The normalized spacial score (nSPS) is 14.1. The first-order valence-electron chi connectivity index (χ1n) is 10.5. The molecule has 1 aromatic heterocycles. The number of ketones is 1. The van der Waals surface area contributed by atoms with Crippen molar-refractivity contribution < 1.29 is 23.1 Å². The zero-order valence-electron chi connectivity index (χ0n) is 17.8. The maximum atomic E-state index is 13.4. The number of alkyl halides is 2. The minimum absolute atomic E-state index is 0.0222. The molecular weight excluding hydrogens is 470 g/mol. The Morgan fingerprint density at radius 1 is 1.03 bits per heavy atom. The number of carbonyl (C=O) groups is 2. The van der Waals surface area contributed by atoms with E-state index in [1.807, 2.05) is 0 Å². The summed E-state index contributed by atoms with van der Waals surface area (Å²) in [5, 5.41) is 0.517. The van der Waals surface area contributed by atoms with E-state index >= 15 is 0 Å². The molecule has 9 heteroatoms. The summed E-state index contributed by atoms with van der Waals surface area (Å²) in [7, 11) is 0. The van der Waals surface area contributed by atoms with Crippen LogP contribution in [0.25, 0.3) is 0 Å². The highest BCUT2D eigenvalue weighted by Gasteiger charge is 2.28. The quantitative estimate of drug-likeness (QED) is 0.297. The minimum Gasteiger partial charge on any atom is -0.435 e. The lowest BCUT2D eigenvalue weighted by atomic mass is 10.0. The second-order valence-corrected chi connectivity index (χ2v) is 9.41. The predicted molar refractivity (Wildman–Crippen MR) is 123 cm³/mol. The number of ether oxygens (including phenoxy) is 1. The van der Waals surface area contributed by atoms with Gasteiger partial charge in [0.15, 0.2) is 10.9 Å². The number of imidazole rings is 1. The van der Waals surface area contributed by atoms with Crippen LogP contribution >= 0.6 is 23.4 Å². The molecule has 0 spiro atoms. The molecule has 33 heavy (non-hydrogen) atoms. The summed E-state index contributed by atoms with van der Waals surface area (Å²) in [6, 6.07) is 12.2. The van der Waals surface area contributed by atoms with Crippen LogP contribution in [0.4, 0.5) is 8.78 Å². The molecule has 0 aliphatic heterocycles. The average Bonchev–Trinajstić information content (AvgIpc) is 3.16. The second-order valence-electron chi connectivity index (χ2n) is 7.67. The van der Waals surface area contributed by atoms with Gasteiger partial charge < -0.3 is 4.74 Å². The van der Waals surface area contributed by atoms with E-state index in [0.29, 0.717) is 27.7 Å². The van der Waals surface area contributed by atoms with Crippen LogP contribution in [0.5, 0.6) is 5.75 Å². The smallest absolute Gasteiger partial charge is 0.387 e. The Kier molecular flexibility index (Phi) is 7.14. The number of nitrogens with zero attached hydrogens (tertiary/aromatic N) is 2. The Balaban J connectivity index is 1.62. The van der Waals surface area contributed by atoms with Gasteiger partial charge in [0, 0.05) is 21.8 Å². The SMILES string of the molecule is CC(Sc1nc2c(n1C(=O)c1ccc(OC(F)F)cc1)CCCC2)C(=O)c1ccc(Cl)cc1. The van der Waals surface area contributed by atoms with Crippen LogP contribution < -0.4 is 4.74 Å². The van der Waals surface area contributed by atoms with Gasteiger partial charge in [-0.25, -0.2) is 4.98 Å². The lowest BCUT2D eigenvalue weighted by Gasteiger charge is -2.15. The van der Waals surface area contributed by atoms with Crippen LogP contribution in [0.1, 0.15) is 51.9 Å². The van der Waals surface area contributed by atoms with Crippen molar-refractivity contribution in [1.29, 1.82) is 0 Å². The largest absolute Gasteiger partial charge is 0.435 e. The lowest BCUT2D eigenvalue weighted by Crippen LogP contribution is -2.20. The number of benzene rings is 2. The van der Waals surface area contributed by atoms with Crippen molar-refractivity contribution in [2.24, 2.45) is 0 Å². The van der Waals surface area contributed by atoms with Crippen molar-refractivity contribution in [3.8, 4) is 5.75 Å². The highest BCUT2D eigenvalue weighted by Crippen LogP contribution is 2.32. The summed E-state index contributed by atoms with van der Waals surface area (Å²) in [6.07, 6.45) is 3.41. The fourth-order valence-corrected chi connectivity index (χ4v) is 4.92. The molecule has 0 amide bonds. The molecule has 2 aromatic carbocycles. The van der Waals surface area contributed by atoms with E-state index in [4.69, 9.17) is 16.6 Å². The highest BCUT2D eigenvalue weighted by molar-refractivity contribution is 8.00. The first-order valence-corrected chi connectivity index (χ1v) is 11.8. The molecule has 0 N–H and O–H groups in total. The molecule has 3 aromatic rings. The van der Waals surface area contributed by atoms with Crippen molar-refractivity contribution in [2.75, 3.05) is 0 Å². The molecule has 4 rings (SSSR count). The monoisotopic (exact) mass is 490 g/mol. The summed E-state index contributed by atoms with van der Waals surface area (Å²) in [6.45, 7) is -1.16. The Labute approximate surface area is 199 Å². The molecule has 1 heterocycles. The zero-order chi connectivity index (χ0) is 23.5. The van der Waals surface area contributed by atoms with E-state index in [0.717, 1.165) is 30.7 Å². The summed E-state index contributed by atoms with van der Waals surface area (Å²) in [5.41, 5.74) is 2.55. The van der Waals surface area contributed by atoms with Gasteiger partial charge in [0.25, 0.3) is 5.91 Å². The summed E-state index contributed by atoms with van der Waals surface area (Å²) < 4.78 is 30.8. The number of rotatable bonds is 7. The molecule has 0 fully saturated rings. The topological polar surface area (TPSA) is 61.2 Å². The number of carbonyl (C=O) groups excluding carboxylic acids is 2. The van der Waals surface area contributed by atoms with Gasteiger partial charge in [-0.15, -0.1) is 0 Å². The van der Waals surface area contributed by atoms with Crippen molar-refractivity contribution in [3.05, 3.63) is 76.1 Å². The van der Waals surface area contributed by atoms with Gasteiger partial charge in [0.2, 0.25) is 0 Å². The van der Waals surface area contributed by atoms with Crippen molar-refractivity contribution in [2.45, 2.75) is 49.6 Å². The van der Waals surface area contributed by atoms with E-state index in [2.05, 4.69) is 4.74 Å². The molecule has 0 radical (unpaired) electrons. The van der Waals surface area contributed by atoms with Crippen molar-refractivity contribution in [1.82, 2.24) is 9.55 Å². The van der Waals surface area contributed by atoms with Crippen molar-refractivity contribution >= 4 is 35.1 Å². The van der Waals surface area contributed by atoms with Crippen LogP contribution in [0.2, 0.25) is 5.02 Å². The third-order valence-electron chi connectivity index (χ3n) is 5.41. The zero-order valence-corrected chi connectivity index (χ0v) is 19.3. The van der Waals surface area contributed by atoms with Crippen molar-refractivity contribution in [3.63, 3.8) is 0 Å². The molecule has 172 valence electrons. The summed E-state index contributed by atoms with van der Waals surface area (Å²) in [4.78, 5) is 31.0. The fourth-order valence-electron chi connectivity index (χ4n) is 3.77. The summed E-state index contributed by atoms with van der Waals surface area (Å²) in [5.74, 6) is -0.431. The fraction of sp³-hybridized carbons (Fsp3) is 0.292. The highest BCUT2D eigenvalue weighted by atomic mass is 35.5. The van der Waals surface area contributed by atoms with E-state index in [-0.39, 0.29) is 17.4 Å². The van der Waals surface area contributed by atoms with E-state index in [1.165, 1.54) is 36.0 Å². The second kappa shape index (κ2) is 10.1. The third-order valence-corrected chi connectivity index (χ3v) is 6.72. The van der Waals surface area contributed by atoms with Crippen LogP contribution in [0, 0.1) is 0 Å². The predicted octanol–water partition coefficient (Wildman–Crippen LogP) is 6.07. The molecule has 0 bridgehead atoms. The first kappa shape index (κ1) is 23.4. The number of halogens is 3. The minimum atomic E-state index is -2.94. The van der Waals surface area contributed by atoms with Gasteiger partial charge in [-0.3, -0.25) is 14.2 Å². The molecule has 0 saturated carbocycles. The molecule has 0 saturated heterocycles. The summed E-state index contributed by atoms with van der Waals surface area (Å²) >= 11 is 7.15. The average molecular weight is 491 g/mol. The molecule has 1 unspecified atom stereocenters. The van der Waals surface area contributed by atoms with Crippen LogP contribution in [0.3, 0.4) is 0 Å². The molecule has 1 aliphatic rings. The lowest BCUT2D eigenvalue weighted by molar-refractivity contribution is -0.0498. The van der Waals surface area contributed by atoms with Gasteiger partial charge in [0.1, 0.15) is 5.75 Å². The Morgan fingerprint density at radius 3 is 2.33 bits per heavy atom. The van der Waals surface area contributed by atoms with E-state index in [1.54, 1.807) is 35.8 Å². The third kappa shape index (κ3) is 5.28. The Bertz CT molecular complexity index is 1160. The molecular formula is C24H21ClF2N2O3S. The first-order chi connectivity index (χ1) is 15.8. The number of aryl methyl sites for hydroxylation is 1. The van der Waals surface area contributed by atoms with E-state index in [9.17, 15) is 18.4 Å². The van der Waals surface area contributed by atoms with Crippen LogP contribution in [0.15, 0.2) is 53.7 Å². The Morgan fingerprint density at radius 2 is 1.67 bits per heavy atom. The van der Waals surface area contributed by atoms with Gasteiger partial charge in [-0.1, -0.05) is 23.4 Å². The van der Waals surface area contributed by atoms with E-state index < -0.39 is 11.9 Å². The van der Waals surface area contributed by atoms with Gasteiger partial charge >= 0.3 is 6.61 Å². The van der Waals surface area contributed by atoms with Gasteiger partial charge in [-0.2, -0.15) is 8.78 Å². The number of hydrogen-bond donors (Lipinski definition) is 0. The van der Waals surface area contributed by atoms with Crippen LogP contribution in [-0.2, 0) is 12.8 Å².